The van der Waals surface area contributed by atoms with E-state index in [2.05, 4.69) is 51.8 Å². The summed E-state index contributed by atoms with van der Waals surface area (Å²) in [6.07, 6.45) is 3.89. The first-order valence-corrected chi connectivity index (χ1v) is 7.90. The van der Waals surface area contributed by atoms with E-state index in [1.165, 1.54) is 25.8 Å². The Morgan fingerprint density at radius 2 is 1.68 bits per heavy atom. The van der Waals surface area contributed by atoms with Crippen LogP contribution in [0.25, 0.3) is 0 Å². The van der Waals surface area contributed by atoms with Crippen molar-refractivity contribution in [3.63, 3.8) is 0 Å². The van der Waals surface area contributed by atoms with E-state index in [1.54, 1.807) is 0 Å². The summed E-state index contributed by atoms with van der Waals surface area (Å²) in [4.78, 5) is 2.57. The smallest absolute Gasteiger partial charge is 0.0760 e. The number of hydrogen-bond donors (Lipinski definition) is 1. The van der Waals surface area contributed by atoms with Crippen LogP contribution in [-0.2, 0) is 4.74 Å². The van der Waals surface area contributed by atoms with Crippen LogP contribution in [0.15, 0.2) is 0 Å². The van der Waals surface area contributed by atoms with Crippen molar-refractivity contribution in [3.8, 4) is 0 Å². The fraction of sp³-hybridized carbons (Fsp3) is 1.00. The number of nitrogens with zero attached hydrogens (tertiary/aromatic N) is 1. The summed E-state index contributed by atoms with van der Waals surface area (Å²) < 4.78 is 6.12. The van der Waals surface area contributed by atoms with Crippen LogP contribution in [0, 0.1) is 0 Å². The largest absolute Gasteiger partial charge is 0.367 e. The normalized spacial score (nSPS) is 24.3. The predicted molar refractivity (Wildman–Crippen MR) is 82.7 cm³/mol. The van der Waals surface area contributed by atoms with Gasteiger partial charge in [-0.2, -0.15) is 0 Å². The Kier molecular flexibility index (Phi) is 6.28. The second-order valence-electron chi connectivity index (χ2n) is 7.29. The SMILES string of the molecule is CCNC(C)CCCCN1CC(C)(C)OC(C)(C)C1. The monoisotopic (exact) mass is 270 g/mol. The third-order valence-corrected chi connectivity index (χ3v) is 3.68. The van der Waals surface area contributed by atoms with Gasteiger partial charge in [-0.1, -0.05) is 13.3 Å². The summed E-state index contributed by atoms with van der Waals surface area (Å²) >= 11 is 0. The number of morpholine rings is 1. The Morgan fingerprint density at radius 1 is 1.11 bits per heavy atom. The molecule has 0 spiro atoms. The fourth-order valence-corrected chi connectivity index (χ4v) is 3.34. The van der Waals surface area contributed by atoms with Crippen LogP contribution in [0.2, 0.25) is 0 Å². The van der Waals surface area contributed by atoms with E-state index in [0.29, 0.717) is 6.04 Å². The molecule has 0 aromatic carbocycles. The number of rotatable bonds is 7. The lowest BCUT2D eigenvalue weighted by molar-refractivity contribution is -0.180. The van der Waals surface area contributed by atoms with Gasteiger partial charge in [0, 0.05) is 19.1 Å². The quantitative estimate of drug-likeness (QED) is 0.720. The van der Waals surface area contributed by atoms with Crippen molar-refractivity contribution in [2.75, 3.05) is 26.2 Å². The van der Waals surface area contributed by atoms with Gasteiger partial charge in [0.05, 0.1) is 11.2 Å². The first-order valence-electron chi connectivity index (χ1n) is 7.90. The van der Waals surface area contributed by atoms with Gasteiger partial charge in [-0.15, -0.1) is 0 Å². The molecular weight excluding hydrogens is 236 g/mol. The standard InChI is InChI=1S/C16H34N2O/c1-7-17-14(2)10-8-9-11-18-12-15(3,4)19-16(5,6)13-18/h14,17H,7-13H2,1-6H3. The molecule has 0 aromatic rings. The lowest BCUT2D eigenvalue weighted by atomic mass is 9.98. The minimum atomic E-state index is -0.0151. The first-order chi connectivity index (χ1) is 8.74. The predicted octanol–water partition coefficient (Wildman–Crippen LogP) is 3.04. The molecule has 1 rings (SSSR count). The average molecular weight is 270 g/mol. The number of unbranched alkanes of at least 4 members (excludes halogenated alkanes) is 1. The summed E-state index contributed by atoms with van der Waals surface area (Å²) in [6, 6.07) is 0.655. The van der Waals surface area contributed by atoms with Crippen molar-refractivity contribution in [1.29, 1.82) is 0 Å². The molecule has 1 fully saturated rings. The zero-order chi connectivity index (χ0) is 14.5. The van der Waals surface area contributed by atoms with E-state index in [9.17, 15) is 0 Å². The molecule has 0 radical (unpaired) electrons. The lowest BCUT2D eigenvalue weighted by Crippen LogP contribution is -2.57. The van der Waals surface area contributed by atoms with Crippen LogP contribution in [-0.4, -0.2) is 48.3 Å². The van der Waals surface area contributed by atoms with Crippen molar-refractivity contribution < 1.29 is 4.74 Å². The highest BCUT2D eigenvalue weighted by atomic mass is 16.5. The van der Waals surface area contributed by atoms with Crippen molar-refractivity contribution in [1.82, 2.24) is 10.2 Å². The molecule has 114 valence electrons. The van der Waals surface area contributed by atoms with Crippen molar-refractivity contribution in [2.24, 2.45) is 0 Å². The molecule has 1 N–H and O–H groups in total. The van der Waals surface area contributed by atoms with E-state index in [1.807, 2.05) is 0 Å². The molecule has 0 aromatic heterocycles. The van der Waals surface area contributed by atoms with E-state index >= 15 is 0 Å². The van der Waals surface area contributed by atoms with Crippen LogP contribution in [0.4, 0.5) is 0 Å². The third kappa shape index (κ3) is 6.73. The number of nitrogens with one attached hydrogen (secondary N) is 1. The molecular formula is C16H34N2O. The highest BCUT2D eigenvalue weighted by Gasteiger charge is 2.37. The molecule has 1 atom stereocenters. The summed E-state index contributed by atoms with van der Waals surface area (Å²) in [5.74, 6) is 0. The molecule has 1 saturated heterocycles. The molecule has 1 aliphatic heterocycles. The number of hydrogen-bond acceptors (Lipinski definition) is 3. The van der Waals surface area contributed by atoms with Gasteiger partial charge in [0.15, 0.2) is 0 Å². The zero-order valence-corrected chi connectivity index (χ0v) is 13.9. The molecule has 1 aliphatic rings. The van der Waals surface area contributed by atoms with E-state index < -0.39 is 0 Å². The van der Waals surface area contributed by atoms with Gasteiger partial charge in [0.25, 0.3) is 0 Å². The second-order valence-corrected chi connectivity index (χ2v) is 7.29. The van der Waals surface area contributed by atoms with E-state index in [-0.39, 0.29) is 11.2 Å². The highest BCUT2D eigenvalue weighted by Crippen LogP contribution is 2.28. The summed E-state index contributed by atoms with van der Waals surface area (Å²) in [6.45, 7) is 17.7. The van der Waals surface area contributed by atoms with Crippen molar-refractivity contribution >= 4 is 0 Å². The molecule has 0 amide bonds. The van der Waals surface area contributed by atoms with Gasteiger partial charge in [-0.25, -0.2) is 0 Å². The molecule has 0 saturated carbocycles. The van der Waals surface area contributed by atoms with Crippen molar-refractivity contribution in [2.45, 2.75) is 78.0 Å². The molecule has 1 heterocycles. The lowest BCUT2D eigenvalue weighted by Gasteiger charge is -2.47. The van der Waals surface area contributed by atoms with Crippen LogP contribution in [0.5, 0.6) is 0 Å². The fourth-order valence-electron chi connectivity index (χ4n) is 3.34. The Labute approximate surface area is 120 Å². The Hall–Kier alpha value is -0.120. The number of ether oxygens (including phenoxy) is 1. The second kappa shape index (κ2) is 7.05. The maximum atomic E-state index is 6.12. The van der Waals surface area contributed by atoms with E-state index in [4.69, 9.17) is 4.74 Å². The van der Waals surface area contributed by atoms with Gasteiger partial charge in [0.2, 0.25) is 0 Å². The Bertz CT molecular complexity index is 247. The maximum Gasteiger partial charge on any atom is 0.0760 e. The highest BCUT2D eigenvalue weighted by molar-refractivity contribution is 4.88. The Balaban J connectivity index is 2.25. The topological polar surface area (TPSA) is 24.5 Å². The van der Waals surface area contributed by atoms with Gasteiger partial charge < -0.3 is 10.1 Å². The van der Waals surface area contributed by atoms with Gasteiger partial charge in [-0.3, -0.25) is 4.90 Å². The summed E-state index contributed by atoms with van der Waals surface area (Å²) in [5, 5.41) is 3.48. The van der Waals surface area contributed by atoms with Gasteiger partial charge >= 0.3 is 0 Å². The first kappa shape index (κ1) is 16.9. The molecule has 3 heteroatoms. The summed E-state index contributed by atoms with van der Waals surface area (Å²) in [7, 11) is 0. The zero-order valence-electron chi connectivity index (χ0n) is 13.9. The molecule has 19 heavy (non-hydrogen) atoms. The van der Waals surface area contributed by atoms with E-state index in [0.717, 1.165) is 19.6 Å². The van der Waals surface area contributed by atoms with Crippen LogP contribution < -0.4 is 5.32 Å². The molecule has 0 bridgehead atoms. The summed E-state index contributed by atoms with van der Waals surface area (Å²) in [5.41, 5.74) is -0.0301. The molecule has 3 nitrogen and oxygen atoms in total. The van der Waals surface area contributed by atoms with Crippen LogP contribution in [0.3, 0.4) is 0 Å². The van der Waals surface area contributed by atoms with Gasteiger partial charge in [-0.05, 0) is 60.5 Å². The van der Waals surface area contributed by atoms with Crippen LogP contribution >= 0.6 is 0 Å². The Morgan fingerprint density at radius 3 is 2.21 bits per heavy atom. The molecule has 1 unspecified atom stereocenters. The maximum absolute atomic E-state index is 6.12. The third-order valence-electron chi connectivity index (χ3n) is 3.68. The van der Waals surface area contributed by atoms with Crippen LogP contribution in [0.1, 0.15) is 60.8 Å². The van der Waals surface area contributed by atoms with Crippen molar-refractivity contribution in [3.05, 3.63) is 0 Å². The minimum absolute atomic E-state index is 0.0151. The van der Waals surface area contributed by atoms with Gasteiger partial charge in [0.1, 0.15) is 0 Å². The minimum Gasteiger partial charge on any atom is -0.367 e. The molecule has 0 aliphatic carbocycles. The average Bonchev–Trinajstić information content (AvgIpc) is 2.20.